The maximum absolute atomic E-state index is 9.21. The van der Waals surface area contributed by atoms with Gasteiger partial charge >= 0.3 is 0 Å². The van der Waals surface area contributed by atoms with Gasteiger partial charge in [0.25, 0.3) is 0 Å². The average Bonchev–Trinajstić information content (AvgIpc) is 2.49. The normalized spacial score (nSPS) is 11.0. The largest absolute Gasteiger partial charge is 0.439 e. The fraction of sp³-hybridized carbons (Fsp3) is 0.267. The molecule has 0 saturated heterocycles. The number of pyridine rings is 1. The first-order valence-corrected chi connectivity index (χ1v) is 6.41. The molecule has 0 fully saturated rings. The van der Waals surface area contributed by atoms with Gasteiger partial charge in [0.05, 0.1) is 13.2 Å². The van der Waals surface area contributed by atoms with Crippen LogP contribution < -0.4 is 10.5 Å². The summed E-state index contributed by atoms with van der Waals surface area (Å²) < 4.78 is 5.63. The number of aromatic nitrogens is 1. The van der Waals surface area contributed by atoms with E-state index >= 15 is 0 Å². The molecule has 0 aliphatic heterocycles. The predicted molar refractivity (Wildman–Crippen MR) is 89.9 cm³/mol. The molecule has 0 radical (unpaired) electrons. The molecule has 1 aromatic heterocycles. The van der Waals surface area contributed by atoms with E-state index in [-0.39, 0.29) is 44.1 Å². The van der Waals surface area contributed by atoms with Crippen LogP contribution in [0, 0.1) is 0 Å². The summed E-state index contributed by atoms with van der Waals surface area (Å²) >= 11 is 0. The van der Waals surface area contributed by atoms with Gasteiger partial charge in [-0.2, -0.15) is 0 Å². The number of nitrogens with two attached hydrogens (primary N) is 1. The summed E-state index contributed by atoms with van der Waals surface area (Å²) in [6.07, 6.45) is 2.23. The second-order valence-corrected chi connectivity index (χ2v) is 4.52. The van der Waals surface area contributed by atoms with Crippen LogP contribution >= 0.6 is 24.8 Å². The summed E-state index contributed by atoms with van der Waals surface area (Å²) in [5.74, 6) is 1.04. The number of benzene rings is 1. The highest BCUT2D eigenvalue weighted by Gasteiger charge is 2.06. The van der Waals surface area contributed by atoms with Gasteiger partial charge in [-0.25, -0.2) is 4.98 Å². The lowest BCUT2D eigenvalue weighted by Gasteiger charge is -2.10. The van der Waals surface area contributed by atoms with Crippen molar-refractivity contribution < 1.29 is 14.9 Å². The summed E-state index contributed by atoms with van der Waals surface area (Å²) in [5, 5.41) is 18.1. The van der Waals surface area contributed by atoms with Crippen molar-refractivity contribution in [3.63, 3.8) is 0 Å². The van der Waals surface area contributed by atoms with E-state index in [4.69, 9.17) is 15.6 Å². The molecule has 1 aromatic carbocycles. The van der Waals surface area contributed by atoms with Crippen LogP contribution in [0.15, 0.2) is 42.6 Å². The molecule has 0 amide bonds. The average molecular weight is 347 g/mol. The van der Waals surface area contributed by atoms with Gasteiger partial charge in [0.15, 0.2) is 0 Å². The number of hydrogen-bond donors (Lipinski definition) is 3. The number of aliphatic hydroxyl groups excluding tert-OH is 2. The minimum absolute atomic E-state index is 0. The summed E-state index contributed by atoms with van der Waals surface area (Å²) in [7, 11) is 0. The quantitative estimate of drug-likeness (QED) is 0.745. The highest BCUT2D eigenvalue weighted by atomic mass is 35.5. The second kappa shape index (κ2) is 10.4. The second-order valence-electron chi connectivity index (χ2n) is 4.52. The van der Waals surface area contributed by atoms with E-state index in [1.807, 2.05) is 24.3 Å². The SMILES string of the molecule is Cl.Cl.NC(CO)Cc1ccc(Oc2ncccc2CO)cc1. The van der Waals surface area contributed by atoms with Crippen molar-refractivity contribution in [3.05, 3.63) is 53.7 Å². The number of nitrogens with zero attached hydrogens (tertiary/aromatic N) is 1. The lowest BCUT2D eigenvalue weighted by atomic mass is 10.1. The van der Waals surface area contributed by atoms with E-state index in [2.05, 4.69) is 4.98 Å². The van der Waals surface area contributed by atoms with E-state index in [0.29, 0.717) is 23.6 Å². The van der Waals surface area contributed by atoms with Crippen molar-refractivity contribution in [3.8, 4) is 11.6 Å². The third kappa shape index (κ3) is 5.79. The number of rotatable bonds is 6. The third-order valence-electron chi connectivity index (χ3n) is 2.89. The molecule has 1 atom stereocenters. The summed E-state index contributed by atoms with van der Waals surface area (Å²) in [6.45, 7) is -0.154. The molecule has 22 heavy (non-hydrogen) atoms. The van der Waals surface area contributed by atoms with Gasteiger partial charge in [0.1, 0.15) is 5.75 Å². The van der Waals surface area contributed by atoms with E-state index < -0.39 is 0 Å². The molecule has 2 aromatic rings. The molecule has 5 nitrogen and oxygen atoms in total. The Morgan fingerprint density at radius 3 is 2.36 bits per heavy atom. The first-order chi connectivity index (χ1) is 9.72. The monoisotopic (exact) mass is 346 g/mol. The first kappa shape index (κ1) is 20.6. The van der Waals surface area contributed by atoms with Crippen molar-refractivity contribution in [2.45, 2.75) is 19.1 Å². The van der Waals surface area contributed by atoms with Crippen LogP contribution in [0.3, 0.4) is 0 Å². The van der Waals surface area contributed by atoms with E-state index in [9.17, 15) is 5.11 Å². The lowest BCUT2D eigenvalue weighted by Crippen LogP contribution is -2.26. The molecule has 0 bridgehead atoms. The molecule has 7 heteroatoms. The standard InChI is InChI=1S/C15H18N2O3.2ClH/c16-13(10-19)8-11-3-5-14(6-4-11)20-15-12(9-18)2-1-7-17-15;;/h1-7,13,18-19H,8-10,16H2;2*1H. The molecule has 1 heterocycles. The summed E-state index contributed by atoms with van der Waals surface area (Å²) in [5.41, 5.74) is 7.35. The van der Waals surface area contributed by atoms with Crippen molar-refractivity contribution in [2.75, 3.05) is 6.61 Å². The van der Waals surface area contributed by atoms with Crippen molar-refractivity contribution in [2.24, 2.45) is 5.73 Å². The van der Waals surface area contributed by atoms with Crippen LogP contribution in [0.4, 0.5) is 0 Å². The van der Waals surface area contributed by atoms with E-state index in [1.165, 1.54) is 0 Å². The topological polar surface area (TPSA) is 88.6 Å². The van der Waals surface area contributed by atoms with Crippen molar-refractivity contribution >= 4 is 24.8 Å². The van der Waals surface area contributed by atoms with Crippen molar-refractivity contribution in [1.29, 1.82) is 0 Å². The Kier molecular flexibility index (Phi) is 9.73. The van der Waals surface area contributed by atoms with Crippen LogP contribution in [-0.2, 0) is 13.0 Å². The van der Waals surface area contributed by atoms with Gasteiger partial charge in [-0.3, -0.25) is 0 Å². The summed E-state index contributed by atoms with van der Waals surface area (Å²) in [4.78, 5) is 4.09. The summed E-state index contributed by atoms with van der Waals surface area (Å²) in [6, 6.07) is 10.7. The van der Waals surface area contributed by atoms with Crippen LogP contribution in [0.2, 0.25) is 0 Å². The number of hydrogen-bond acceptors (Lipinski definition) is 5. The van der Waals surface area contributed by atoms with Crippen LogP contribution in [-0.4, -0.2) is 27.8 Å². The molecule has 4 N–H and O–H groups in total. The molecule has 0 saturated carbocycles. The Bertz CT molecular complexity index is 553. The van der Waals surface area contributed by atoms with Gasteiger partial charge in [-0.1, -0.05) is 12.1 Å². The molecule has 2 rings (SSSR count). The Morgan fingerprint density at radius 2 is 1.77 bits per heavy atom. The molecular weight excluding hydrogens is 327 g/mol. The van der Waals surface area contributed by atoms with Crippen LogP contribution in [0.25, 0.3) is 0 Å². The molecule has 0 spiro atoms. The third-order valence-corrected chi connectivity index (χ3v) is 2.89. The van der Waals surface area contributed by atoms with E-state index in [0.717, 1.165) is 5.56 Å². The highest BCUT2D eigenvalue weighted by Crippen LogP contribution is 2.23. The van der Waals surface area contributed by atoms with E-state index in [1.54, 1.807) is 18.3 Å². The number of ether oxygens (including phenoxy) is 1. The fourth-order valence-electron chi connectivity index (χ4n) is 1.81. The predicted octanol–water partition coefficient (Wildman–Crippen LogP) is 2.07. The lowest BCUT2D eigenvalue weighted by molar-refractivity contribution is 0.265. The first-order valence-electron chi connectivity index (χ1n) is 6.41. The van der Waals surface area contributed by atoms with Gasteiger partial charge in [-0.15, -0.1) is 24.8 Å². The Morgan fingerprint density at radius 1 is 1.09 bits per heavy atom. The smallest absolute Gasteiger partial charge is 0.224 e. The molecular formula is C15H20Cl2N2O3. The Balaban J connectivity index is 0.00000220. The maximum atomic E-state index is 9.21. The highest BCUT2D eigenvalue weighted by molar-refractivity contribution is 5.85. The van der Waals surface area contributed by atoms with Crippen LogP contribution in [0.1, 0.15) is 11.1 Å². The minimum atomic E-state index is -0.251. The molecule has 1 unspecified atom stereocenters. The van der Waals surface area contributed by atoms with Gasteiger partial charge in [-0.05, 0) is 36.2 Å². The molecule has 0 aliphatic rings. The van der Waals surface area contributed by atoms with Gasteiger partial charge < -0.3 is 20.7 Å². The zero-order chi connectivity index (χ0) is 14.4. The molecule has 0 aliphatic carbocycles. The molecule has 122 valence electrons. The zero-order valence-corrected chi connectivity index (χ0v) is 13.5. The van der Waals surface area contributed by atoms with Gasteiger partial charge in [0.2, 0.25) is 5.88 Å². The number of aliphatic hydroxyl groups is 2. The minimum Gasteiger partial charge on any atom is -0.439 e. The van der Waals surface area contributed by atoms with Gasteiger partial charge in [0, 0.05) is 17.8 Å². The number of halogens is 2. The fourth-order valence-corrected chi connectivity index (χ4v) is 1.81. The Hall–Kier alpha value is -1.37. The Labute approximate surface area is 142 Å². The van der Waals surface area contributed by atoms with Crippen molar-refractivity contribution in [1.82, 2.24) is 4.98 Å². The maximum Gasteiger partial charge on any atom is 0.224 e. The zero-order valence-electron chi connectivity index (χ0n) is 11.9. The van der Waals surface area contributed by atoms with Crippen LogP contribution in [0.5, 0.6) is 11.6 Å².